The first kappa shape index (κ1) is 16.5. The van der Waals surface area contributed by atoms with Gasteiger partial charge in [0, 0.05) is 18.3 Å². The van der Waals surface area contributed by atoms with Gasteiger partial charge >= 0.3 is 11.9 Å². The summed E-state index contributed by atoms with van der Waals surface area (Å²) in [5, 5.41) is 3.51. The Morgan fingerprint density at radius 2 is 1.96 bits per heavy atom. The van der Waals surface area contributed by atoms with E-state index in [-0.39, 0.29) is 12.8 Å². The first-order valence-corrected chi connectivity index (χ1v) is 7.01. The van der Waals surface area contributed by atoms with Gasteiger partial charge in [-0.15, -0.1) is 0 Å². The Kier molecular flexibility index (Phi) is 5.32. The van der Waals surface area contributed by atoms with Crippen LogP contribution in [0.25, 0.3) is 10.4 Å². The molecule has 8 heteroatoms. The first-order valence-electron chi connectivity index (χ1n) is 7.01. The summed E-state index contributed by atoms with van der Waals surface area (Å²) in [5.74, 6) is -1.64. The van der Waals surface area contributed by atoms with Crippen molar-refractivity contribution in [3.05, 3.63) is 46.3 Å². The molecule has 0 aliphatic heterocycles. The van der Waals surface area contributed by atoms with E-state index in [4.69, 9.17) is 15.0 Å². The number of hydrogen-bond donors (Lipinski definition) is 0. The summed E-state index contributed by atoms with van der Waals surface area (Å²) in [6, 6.07) is 7.29. The van der Waals surface area contributed by atoms with E-state index >= 15 is 0 Å². The number of nitrogens with zero attached hydrogens (tertiary/aromatic N) is 3. The highest BCUT2D eigenvalue weighted by Crippen LogP contribution is 2.25. The lowest BCUT2D eigenvalue weighted by molar-refractivity contribution is -0.152. The molecule has 1 aromatic rings. The number of ketones is 1. The number of benzene rings is 1. The molecule has 0 N–H and O–H groups in total. The lowest BCUT2D eigenvalue weighted by Crippen LogP contribution is -2.46. The van der Waals surface area contributed by atoms with Gasteiger partial charge in [-0.25, -0.2) is 4.79 Å². The number of ether oxygens (including phenoxy) is 2. The van der Waals surface area contributed by atoms with Crippen molar-refractivity contribution >= 4 is 17.7 Å². The average Bonchev–Trinajstić information content (AvgIpc) is 2.51. The van der Waals surface area contributed by atoms with Crippen LogP contribution in [0.1, 0.15) is 30.1 Å². The molecule has 0 bridgehead atoms. The summed E-state index contributed by atoms with van der Waals surface area (Å²) in [4.78, 5) is 37.9. The number of esters is 2. The fourth-order valence-corrected chi connectivity index (χ4v) is 2.43. The lowest BCUT2D eigenvalue weighted by Gasteiger charge is -2.31. The number of hydrogen-bond acceptors (Lipinski definition) is 6. The van der Waals surface area contributed by atoms with Crippen molar-refractivity contribution in [3.63, 3.8) is 0 Å². The van der Waals surface area contributed by atoms with Crippen LogP contribution in [0.5, 0.6) is 0 Å². The molecule has 120 valence electrons. The maximum Gasteiger partial charge on any atom is 0.338 e. The summed E-state index contributed by atoms with van der Waals surface area (Å²) in [6.45, 7) is 1.23. The van der Waals surface area contributed by atoms with E-state index in [9.17, 15) is 14.4 Å². The van der Waals surface area contributed by atoms with Gasteiger partial charge in [0.25, 0.3) is 0 Å². The molecule has 0 heterocycles. The van der Waals surface area contributed by atoms with E-state index in [0.29, 0.717) is 5.56 Å². The summed E-state index contributed by atoms with van der Waals surface area (Å²) >= 11 is 0. The summed E-state index contributed by atoms with van der Waals surface area (Å²) in [6.07, 6.45) is -1.81. The van der Waals surface area contributed by atoms with Gasteiger partial charge in [0.1, 0.15) is 6.10 Å². The zero-order valence-corrected chi connectivity index (χ0v) is 12.4. The number of azide groups is 1. The Balaban J connectivity index is 2.13. The standard InChI is InChI=1S/C15H15N3O5/c1-9(19)22-11-7-12(17-18-16)14(13(20)8-11)23-15(21)10-5-3-2-4-6-10/h2-6,11-12,14H,7-8H2,1H3/t11-,12-,14+/m1/s1. The molecule has 23 heavy (non-hydrogen) atoms. The van der Waals surface area contributed by atoms with Gasteiger partial charge in [-0.05, 0) is 24.1 Å². The summed E-state index contributed by atoms with van der Waals surface area (Å²) < 4.78 is 10.2. The Morgan fingerprint density at radius 3 is 2.57 bits per heavy atom. The highest BCUT2D eigenvalue weighted by molar-refractivity contribution is 5.93. The van der Waals surface area contributed by atoms with Gasteiger partial charge in [-0.1, -0.05) is 23.3 Å². The molecule has 0 aromatic heterocycles. The third kappa shape index (κ3) is 4.31. The second-order valence-corrected chi connectivity index (χ2v) is 5.10. The maximum atomic E-state index is 12.2. The number of carbonyl (C=O) groups is 3. The molecule has 1 aromatic carbocycles. The highest BCUT2D eigenvalue weighted by atomic mass is 16.6. The van der Waals surface area contributed by atoms with Crippen molar-refractivity contribution < 1.29 is 23.9 Å². The second-order valence-electron chi connectivity index (χ2n) is 5.10. The van der Waals surface area contributed by atoms with Crippen LogP contribution >= 0.6 is 0 Å². The molecular formula is C15H15N3O5. The smallest absolute Gasteiger partial charge is 0.338 e. The largest absolute Gasteiger partial charge is 0.462 e. The minimum absolute atomic E-state index is 0.0796. The van der Waals surface area contributed by atoms with Crippen LogP contribution in [-0.4, -0.2) is 36.0 Å². The lowest BCUT2D eigenvalue weighted by atomic mass is 9.89. The van der Waals surface area contributed by atoms with Gasteiger partial charge in [0.2, 0.25) is 0 Å². The van der Waals surface area contributed by atoms with Crippen molar-refractivity contribution in [2.45, 2.75) is 38.0 Å². The molecule has 0 spiro atoms. The zero-order chi connectivity index (χ0) is 16.8. The Labute approximate surface area is 132 Å². The van der Waals surface area contributed by atoms with Crippen LogP contribution < -0.4 is 0 Å². The van der Waals surface area contributed by atoms with Crippen molar-refractivity contribution in [3.8, 4) is 0 Å². The van der Waals surface area contributed by atoms with Crippen LogP contribution in [0.4, 0.5) is 0 Å². The minimum atomic E-state index is -1.18. The predicted molar refractivity (Wildman–Crippen MR) is 78.4 cm³/mol. The normalized spacial score (nSPS) is 23.5. The van der Waals surface area contributed by atoms with Crippen molar-refractivity contribution in [1.82, 2.24) is 0 Å². The van der Waals surface area contributed by atoms with E-state index in [1.165, 1.54) is 6.92 Å². The van der Waals surface area contributed by atoms with Crippen LogP contribution in [0.2, 0.25) is 0 Å². The minimum Gasteiger partial charge on any atom is -0.462 e. The van der Waals surface area contributed by atoms with Crippen LogP contribution in [0, 0.1) is 0 Å². The summed E-state index contributed by atoms with van der Waals surface area (Å²) in [5.41, 5.74) is 8.93. The van der Waals surface area contributed by atoms with Crippen LogP contribution in [0.3, 0.4) is 0 Å². The Hall–Kier alpha value is -2.86. The van der Waals surface area contributed by atoms with Crippen molar-refractivity contribution in [2.24, 2.45) is 5.11 Å². The maximum absolute atomic E-state index is 12.2. The van der Waals surface area contributed by atoms with E-state index in [0.717, 1.165) is 0 Å². The fraction of sp³-hybridized carbons (Fsp3) is 0.400. The van der Waals surface area contributed by atoms with Gasteiger partial charge in [0.15, 0.2) is 11.9 Å². The fourth-order valence-electron chi connectivity index (χ4n) is 2.43. The average molecular weight is 317 g/mol. The topological polar surface area (TPSA) is 118 Å². The Morgan fingerprint density at radius 1 is 1.26 bits per heavy atom. The van der Waals surface area contributed by atoms with E-state index < -0.39 is 36.0 Å². The van der Waals surface area contributed by atoms with E-state index in [2.05, 4.69) is 10.0 Å². The SMILES string of the molecule is CC(=O)O[C@H]1CC(=O)[C@@H](OC(=O)c2ccccc2)[C@H](N=[N+]=[N-])C1. The predicted octanol–water partition coefficient (Wildman–Crippen LogP) is 2.19. The van der Waals surface area contributed by atoms with Crippen LogP contribution in [-0.2, 0) is 19.1 Å². The molecule has 8 nitrogen and oxygen atoms in total. The molecular weight excluding hydrogens is 302 g/mol. The molecule has 1 saturated carbocycles. The molecule has 1 fully saturated rings. The molecule has 0 saturated heterocycles. The van der Waals surface area contributed by atoms with Gasteiger partial charge in [-0.3, -0.25) is 9.59 Å². The number of Topliss-reactive ketones (excluding diaryl/α,β-unsaturated/α-hetero) is 1. The summed E-state index contributed by atoms with van der Waals surface area (Å²) in [7, 11) is 0. The highest BCUT2D eigenvalue weighted by Gasteiger charge is 2.40. The molecule has 3 atom stereocenters. The molecule has 1 aliphatic rings. The zero-order valence-electron chi connectivity index (χ0n) is 12.4. The quantitative estimate of drug-likeness (QED) is 0.365. The third-order valence-electron chi connectivity index (χ3n) is 3.38. The van der Waals surface area contributed by atoms with Gasteiger partial charge in [-0.2, -0.15) is 0 Å². The van der Waals surface area contributed by atoms with E-state index in [1.807, 2.05) is 0 Å². The molecule has 2 rings (SSSR count). The molecule has 0 amide bonds. The first-order chi connectivity index (χ1) is 11.0. The van der Waals surface area contributed by atoms with Gasteiger partial charge in [0.05, 0.1) is 11.6 Å². The van der Waals surface area contributed by atoms with Crippen LogP contribution in [0.15, 0.2) is 35.4 Å². The molecule has 0 radical (unpaired) electrons. The van der Waals surface area contributed by atoms with Crippen molar-refractivity contribution in [1.29, 1.82) is 0 Å². The number of carbonyl (C=O) groups excluding carboxylic acids is 3. The second kappa shape index (κ2) is 7.42. The monoisotopic (exact) mass is 317 g/mol. The van der Waals surface area contributed by atoms with Gasteiger partial charge < -0.3 is 9.47 Å². The molecule has 1 aliphatic carbocycles. The Bertz CT molecular complexity index is 654. The number of rotatable bonds is 4. The third-order valence-corrected chi connectivity index (χ3v) is 3.38. The van der Waals surface area contributed by atoms with Crippen molar-refractivity contribution in [2.75, 3.05) is 0 Å². The molecule has 0 unspecified atom stereocenters. The van der Waals surface area contributed by atoms with E-state index in [1.54, 1.807) is 30.3 Å².